The molecule has 0 aromatic heterocycles. The average Bonchev–Trinajstić information content (AvgIpc) is 3.02. The van der Waals surface area contributed by atoms with Crippen molar-refractivity contribution >= 4 is 53.9 Å². The van der Waals surface area contributed by atoms with Crippen molar-refractivity contribution in [2.24, 2.45) is 5.73 Å². The van der Waals surface area contributed by atoms with Crippen LogP contribution < -0.4 is 16.4 Å². The van der Waals surface area contributed by atoms with Crippen molar-refractivity contribution in [2.45, 2.75) is 50.4 Å². The lowest BCUT2D eigenvalue weighted by Gasteiger charge is -2.37. The van der Waals surface area contributed by atoms with E-state index in [1.54, 1.807) is 24.3 Å². The van der Waals surface area contributed by atoms with Crippen LogP contribution in [0.2, 0.25) is 0 Å². The van der Waals surface area contributed by atoms with E-state index in [0.29, 0.717) is 19.3 Å². The number of fused-ring (bicyclic) bond motifs is 1. The van der Waals surface area contributed by atoms with Crippen LogP contribution >= 0.6 is 19.4 Å². The van der Waals surface area contributed by atoms with E-state index < -0.39 is 55.0 Å². The molecule has 1 aliphatic rings. The molecule has 0 bridgehead atoms. The molecule has 1 heterocycles. The van der Waals surface area contributed by atoms with Crippen LogP contribution in [-0.2, 0) is 36.7 Å². The van der Waals surface area contributed by atoms with Crippen LogP contribution in [-0.4, -0.2) is 74.4 Å². The van der Waals surface area contributed by atoms with Gasteiger partial charge in [0.05, 0.1) is 5.49 Å². The van der Waals surface area contributed by atoms with Gasteiger partial charge in [0.1, 0.15) is 24.7 Å². The third-order valence-corrected chi connectivity index (χ3v) is 9.99. The zero-order chi connectivity index (χ0) is 32.4. The molecule has 4 amide bonds. The summed E-state index contributed by atoms with van der Waals surface area (Å²) in [7, 11) is -4.38. The predicted molar refractivity (Wildman–Crippen MR) is 171 cm³/mol. The molecule has 3 aromatic carbocycles. The molecular weight excluding hydrogens is 619 g/mol. The van der Waals surface area contributed by atoms with Crippen LogP contribution in [0.3, 0.4) is 0 Å². The van der Waals surface area contributed by atoms with Gasteiger partial charge in [-0.05, 0) is 41.2 Å². The summed E-state index contributed by atoms with van der Waals surface area (Å²) in [6, 6.07) is 19.2. The lowest BCUT2D eigenvalue weighted by molar-refractivity contribution is -0.144. The minimum Gasteiger partial charge on any atom is -0.445 e. The second-order valence-corrected chi connectivity index (χ2v) is 13.9. The van der Waals surface area contributed by atoms with Crippen molar-refractivity contribution in [1.82, 2.24) is 15.5 Å². The van der Waals surface area contributed by atoms with Gasteiger partial charge in [0.2, 0.25) is 17.7 Å². The number of nitrogens with one attached hydrogen (secondary N) is 2. The van der Waals surface area contributed by atoms with Crippen molar-refractivity contribution in [3.05, 3.63) is 83.9 Å². The highest BCUT2D eigenvalue weighted by atomic mass is 32.2. The molecule has 3 aromatic rings. The first-order valence-corrected chi connectivity index (χ1v) is 17.4. The number of nitrogens with two attached hydrogens (primary N) is 1. The van der Waals surface area contributed by atoms with Gasteiger partial charge in [-0.1, -0.05) is 72.8 Å². The SMILES string of the molecule is NC(=O)[C@H](Cc1ccc2ccccc2c1)NC(=O)[C@@H]1CCCCN1C(=O)[C@H](CSCP(=O)(O)O)NC(=O)OCc1ccccc1. The first kappa shape index (κ1) is 34.0. The Morgan fingerprint density at radius 1 is 0.933 bits per heavy atom. The van der Waals surface area contributed by atoms with Gasteiger partial charge >= 0.3 is 13.7 Å². The smallest absolute Gasteiger partial charge is 0.408 e. The van der Waals surface area contributed by atoms with Crippen LogP contribution in [0.15, 0.2) is 72.8 Å². The number of amides is 4. The third-order valence-electron chi connectivity index (χ3n) is 7.35. The highest BCUT2D eigenvalue weighted by Gasteiger charge is 2.37. The number of ether oxygens (including phenoxy) is 1. The van der Waals surface area contributed by atoms with E-state index in [0.717, 1.165) is 33.7 Å². The first-order valence-electron chi connectivity index (χ1n) is 14.5. The van der Waals surface area contributed by atoms with Gasteiger partial charge in [-0.15, -0.1) is 11.8 Å². The Bertz CT molecular complexity index is 1550. The predicted octanol–water partition coefficient (Wildman–Crippen LogP) is 2.90. The Morgan fingerprint density at radius 3 is 2.36 bits per heavy atom. The largest absolute Gasteiger partial charge is 0.445 e. The van der Waals surface area contributed by atoms with Crippen LogP contribution in [0.5, 0.6) is 0 Å². The van der Waals surface area contributed by atoms with Crippen molar-refractivity contribution < 1.29 is 38.3 Å². The fourth-order valence-electron chi connectivity index (χ4n) is 5.13. The molecule has 0 unspecified atom stereocenters. The van der Waals surface area contributed by atoms with Crippen molar-refractivity contribution in [1.29, 1.82) is 0 Å². The number of benzene rings is 3. The minimum absolute atomic E-state index is 0.0519. The third kappa shape index (κ3) is 10.3. The van der Waals surface area contributed by atoms with Gasteiger partial charge in [-0.2, -0.15) is 0 Å². The van der Waals surface area contributed by atoms with E-state index in [2.05, 4.69) is 10.6 Å². The number of alkyl carbamates (subject to hydrolysis) is 1. The van der Waals surface area contributed by atoms with Gasteiger partial charge in [0, 0.05) is 18.7 Å². The summed E-state index contributed by atoms with van der Waals surface area (Å²) >= 11 is 0.801. The molecule has 14 heteroatoms. The molecule has 1 aliphatic heterocycles. The number of likely N-dealkylation sites (tertiary alicyclic amines) is 1. The van der Waals surface area contributed by atoms with Crippen LogP contribution in [0, 0.1) is 0 Å². The molecule has 4 rings (SSSR count). The fourth-order valence-corrected chi connectivity index (χ4v) is 6.97. The lowest BCUT2D eigenvalue weighted by atomic mass is 9.98. The molecule has 1 fully saturated rings. The molecular formula is C31H37N4O8PS. The summed E-state index contributed by atoms with van der Waals surface area (Å²) in [5.41, 5.74) is 6.64. The van der Waals surface area contributed by atoms with Gasteiger partial charge in [-0.25, -0.2) is 4.79 Å². The quantitative estimate of drug-likeness (QED) is 0.172. The van der Waals surface area contributed by atoms with Gasteiger partial charge < -0.3 is 35.8 Å². The van der Waals surface area contributed by atoms with E-state index in [9.17, 15) is 33.5 Å². The van der Waals surface area contributed by atoms with Crippen LogP contribution in [0.4, 0.5) is 4.79 Å². The summed E-state index contributed by atoms with van der Waals surface area (Å²) in [6.07, 6.45) is 0.837. The number of primary amides is 1. The lowest BCUT2D eigenvalue weighted by Crippen LogP contribution is -2.60. The van der Waals surface area contributed by atoms with Gasteiger partial charge in [0.25, 0.3) is 0 Å². The molecule has 12 nitrogen and oxygen atoms in total. The van der Waals surface area contributed by atoms with E-state index >= 15 is 0 Å². The van der Waals surface area contributed by atoms with Crippen LogP contribution in [0.25, 0.3) is 10.8 Å². The Morgan fingerprint density at radius 2 is 1.64 bits per heavy atom. The Hall–Kier alpha value is -3.90. The average molecular weight is 657 g/mol. The van der Waals surface area contributed by atoms with Crippen LogP contribution in [0.1, 0.15) is 30.4 Å². The number of hydrogen-bond donors (Lipinski definition) is 5. The van der Waals surface area contributed by atoms with E-state index in [-0.39, 0.29) is 25.3 Å². The molecule has 0 aliphatic carbocycles. The minimum atomic E-state index is -4.38. The summed E-state index contributed by atoms with van der Waals surface area (Å²) in [5.74, 6) is -2.04. The zero-order valence-corrected chi connectivity index (χ0v) is 26.3. The summed E-state index contributed by atoms with van der Waals surface area (Å²) < 4.78 is 16.7. The molecule has 240 valence electrons. The van der Waals surface area contributed by atoms with Crippen molar-refractivity contribution in [2.75, 3.05) is 17.8 Å². The highest BCUT2D eigenvalue weighted by molar-refractivity contribution is 8.04. The second kappa shape index (κ2) is 15.9. The second-order valence-electron chi connectivity index (χ2n) is 10.8. The van der Waals surface area contributed by atoms with E-state index in [4.69, 9.17) is 10.5 Å². The monoisotopic (exact) mass is 656 g/mol. The number of piperidine rings is 1. The molecule has 0 spiro atoms. The number of nitrogens with zero attached hydrogens (tertiary/aromatic N) is 1. The number of rotatable bonds is 13. The molecule has 3 atom stereocenters. The summed E-state index contributed by atoms with van der Waals surface area (Å²) in [5, 5.41) is 7.23. The maximum absolute atomic E-state index is 13.8. The van der Waals surface area contributed by atoms with Crippen molar-refractivity contribution in [3.63, 3.8) is 0 Å². The molecule has 6 N–H and O–H groups in total. The number of carbonyl (C=O) groups excluding carboxylic acids is 4. The molecule has 45 heavy (non-hydrogen) atoms. The summed E-state index contributed by atoms with van der Waals surface area (Å²) in [6.45, 7) is 0.160. The van der Waals surface area contributed by atoms with Crippen molar-refractivity contribution in [3.8, 4) is 0 Å². The fraction of sp³-hybridized carbons (Fsp3) is 0.355. The normalized spacial score (nSPS) is 16.4. The molecule has 0 saturated carbocycles. The number of thioether (sulfide) groups is 1. The zero-order valence-electron chi connectivity index (χ0n) is 24.5. The Kier molecular flexibility index (Phi) is 12.0. The summed E-state index contributed by atoms with van der Waals surface area (Å²) in [4.78, 5) is 72.3. The van der Waals surface area contributed by atoms with Gasteiger partial charge in [0.15, 0.2) is 0 Å². The maximum atomic E-state index is 13.8. The highest BCUT2D eigenvalue weighted by Crippen LogP contribution is 2.38. The van der Waals surface area contributed by atoms with Gasteiger partial charge in [-0.3, -0.25) is 18.9 Å². The molecule has 1 saturated heterocycles. The van der Waals surface area contributed by atoms with E-state index in [1.807, 2.05) is 48.5 Å². The number of hydrogen-bond acceptors (Lipinski definition) is 7. The molecule has 0 radical (unpaired) electrons. The maximum Gasteiger partial charge on any atom is 0.408 e. The Balaban J connectivity index is 1.45. The first-order chi connectivity index (χ1) is 21.5. The standard InChI is InChI=1S/C31H37N4O8PS/c32-28(36)25(17-22-13-14-23-10-4-5-11-24(23)16-22)33-29(37)27-12-6-7-15-35(27)30(38)26(19-45-20-44(40,41)42)34-31(39)43-18-21-8-2-1-3-9-21/h1-5,8-11,13-14,16,25-27H,6-7,12,15,17-20H2,(H2,32,36)(H,33,37)(H,34,39)(H2,40,41,42)/t25-,26-,27-/m0/s1. The number of carbonyl (C=O) groups is 4. The van der Waals surface area contributed by atoms with E-state index in [1.165, 1.54) is 4.90 Å². The Labute approximate surface area is 265 Å². The topological polar surface area (TPSA) is 188 Å².